The number of aromatic nitrogens is 8. The zero-order valence-electron chi connectivity index (χ0n) is 56.2. The zero-order valence-corrected chi connectivity index (χ0v) is 56.2. The molecule has 4 aliphatic heterocycles. The second kappa shape index (κ2) is 28.4. The van der Waals surface area contributed by atoms with E-state index in [0.29, 0.717) is 18.2 Å². The zero-order chi connectivity index (χ0) is 67.3. The van der Waals surface area contributed by atoms with Crippen LogP contribution in [0, 0.1) is 6.92 Å². The van der Waals surface area contributed by atoms with Gasteiger partial charge in [-0.2, -0.15) is 0 Å². The van der Waals surface area contributed by atoms with Crippen molar-refractivity contribution >= 4 is 85.2 Å². The largest absolute Gasteiger partial charge is 0.378 e. The Hall–Kier alpha value is -11.3. The van der Waals surface area contributed by atoms with Gasteiger partial charge in [0, 0.05) is 189 Å². The van der Waals surface area contributed by atoms with Crippen molar-refractivity contribution < 1.29 is 19.1 Å². The molecule has 17 rings (SSSR count). The van der Waals surface area contributed by atoms with E-state index in [9.17, 15) is 9.59 Å². The van der Waals surface area contributed by atoms with E-state index in [1.807, 2.05) is 95.1 Å². The molecular formula is C79H80N16O4. The second-order valence-electron chi connectivity index (χ2n) is 25.6. The maximum atomic E-state index is 13.1. The van der Waals surface area contributed by atoms with Crippen LogP contribution in [-0.2, 0) is 23.1 Å². The Morgan fingerprint density at radius 3 is 1.62 bits per heavy atom. The van der Waals surface area contributed by atoms with Crippen LogP contribution in [0.4, 0.5) is 45.5 Å². The first-order chi connectivity index (χ1) is 48.6. The number of pyridine rings is 4. The minimum atomic E-state index is -0.0178. The molecule has 8 aromatic heterocycles. The van der Waals surface area contributed by atoms with E-state index in [1.54, 1.807) is 6.20 Å². The molecule has 99 heavy (non-hydrogen) atoms. The lowest BCUT2D eigenvalue weighted by Crippen LogP contribution is -2.51. The number of piperazine rings is 1. The standard InChI is InChI=1S/C30H32N6O2.C26H25N5O.C23H23N5O/c1-3-20(2)34-14-16-35(17-15-34)30(38)21-4-7-24(8-5-21)33-26-10-11-27(36-13-12-31-28(26)36)22-6-9-25-23(18-22)19-32-29(25)37;1-29-13-11-22-21(3-2-4-24(22)29)25-10-9-23(26-27-12-14-31(25)26)28-19-5-7-20(8-6-19)30-15-17-32-18-16-30;1-17-14-18(16-24-15-17)22-7-6-21(23-25-8-9-28(22)23)26-19-2-4-20(5-3-19)27-10-12-29-13-11-27/h4-13,18,20,33H,3,14-17,19H2,1-2H3,(H,32,37);2-14,28H,15-18H2,1H3;2-9,14-16,26H,10-13H2,1H3. The SMILES string of the molecule is CCC(C)N1CCN(C(=O)c2ccc(Nc3ccc(-c4ccc5c(c4)CNC5=O)n4ccnc34)cc2)CC1.Cc1cncc(-c2ccc(Nc3ccc(N4CCOCC4)cc3)c3nccn23)c1.Cn1ccc2c(-c3ccc(Nc4ccc(N5CCOCC5)cc4)c4nccn34)cccc21. The molecule has 0 saturated carbocycles. The predicted molar refractivity (Wildman–Crippen MR) is 395 cm³/mol. The van der Waals surface area contributed by atoms with Gasteiger partial charge in [0.25, 0.3) is 11.8 Å². The van der Waals surface area contributed by atoms with Gasteiger partial charge in [-0.05, 0) is 176 Å². The number of hydrogen-bond acceptors (Lipinski definition) is 14. The number of benzene rings is 5. The predicted octanol–water partition coefficient (Wildman–Crippen LogP) is 13.9. The molecule has 12 heterocycles. The summed E-state index contributed by atoms with van der Waals surface area (Å²) in [6.45, 7) is 17.4. The smallest absolute Gasteiger partial charge is 0.253 e. The number of carbonyl (C=O) groups is 2. The fourth-order valence-electron chi connectivity index (χ4n) is 13.8. The highest BCUT2D eigenvalue weighted by Crippen LogP contribution is 2.35. The van der Waals surface area contributed by atoms with E-state index < -0.39 is 0 Å². The highest BCUT2D eigenvalue weighted by atomic mass is 16.5. The third kappa shape index (κ3) is 13.5. The highest BCUT2D eigenvalue weighted by molar-refractivity contribution is 5.99. The molecule has 1 unspecified atom stereocenters. The van der Waals surface area contributed by atoms with E-state index in [2.05, 4.69) is 219 Å². The van der Waals surface area contributed by atoms with Crippen molar-refractivity contribution in [2.45, 2.75) is 39.8 Å². The van der Waals surface area contributed by atoms with Gasteiger partial charge in [-0.15, -0.1) is 0 Å². The summed E-state index contributed by atoms with van der Waals surface area (Å²) in [6, 6.07) is 54.6. The number of rotatable bonds is 14. The molecule has 20 heteroatoms. The number of fused-ring (bicyclic) bond motifs is 5. The van der Waals surface area contributed by atoms with Crippen LogP contribution in [0.2, 0.25) is 0 Å². The van der Waals surface area contributed by atoms with Gasteiger partial charge in [-0.25, -0.2) is 15.0 Å². The number of anilines is 8. The summed E-state index contributed by atoms with van der Waals surface area (Å²) in [5.74, 6) is 0.0716. The number of imidazole rings is 3. The van der Waals surface area contributed by atoms with Crippen LogP contribution in [0.15, 0.2) is 213 Å². The fourth-order valence-corrected chi connectivity index (χ4v) is 13.8. The lowest BCUT2D eigenvalue weighted by Gasteiger charge is -2.37. The minimum Gasteiger partial charge on any atom is -0.378 e. The van der Waals surface area contributed by atoms with E-state index in [1.165, 1.54) is 27.8 Å². The number of hydrogen-bond donors (Lipinski definition) is 4. The molecule has 1 atom stereocenters. The monoisotopic (exact) mass is 1320 g/mol. The molecule has 4 aliphatic rings. The first-order valence-electron chi connectivity index (χ1n) is 34.1. The van der Waals surface area contributed by atoms with Gasteiger partial charge in [0.1, 0.15) is 0 Å². The first-order valence-corrected chi connectivity index (χ1v) is 34.1. The van der Waals surface area contributed by atoms with Crippen LogP contribution < -0.4 is 31.1 Å². The van der Waals surface area contributed by atoms with Crippen LogP contribution >= 0.6 is 0 Å². The number of aryl methyl sites for hydroxylation is 2. The average Bonchev–Trinajstić information content (AvgIpc) is 1.69. The molecular weight excluding hydrogens is 1240 g/mol. The fraction of sp³-hybridized carbons (Fsp3) is 0.241. The number of carbonyl (C=O) groups excluding carboxylic acids is 2. The third-order valence-electron chi connectivity index (χ3n) is 19.4. The quantitative estimate of drug-likeness (QED) is 0.0806. The Kier molecular flexibility index (Phi) is 18.3. The van der Waals surface area contributed by atoms with Gasteiger partial charge in [-0.1, -0.05) is 25.1 Å². The maximum absolute atomic E-state index is 13.1. The molecule has 0 radical (unpaired) electrons. The Morgan fingerprint density at radius 2 is 1.07 bits per heavy atom. The lowest BCUT2D eigenvalue weighted by molar-refractivity contribution is 0.0579. The number of nitrogens with zero attached hydrogens (tertiary/aromatic N) is 12. The summed E-state index contributed by atoms with van der Waals surface area (Å²) in [5, 5.41) is 14.6. The van der Waals surface area contributed by atoms with Crippen molar-refractivity contribution in [3.8, 4) is 33.8 Å². The summed E-state index contributed by atoms with van der Waals surface area (Å²) in [7, 11) is 2.08. The van der Waals surface area contributed by atoms with Crippen molar-refractivity contribution in [1.29, 1.82) is 0 Å². The number of amides is 2. The summed E-state index contributed by atoms with van der Waals surface area (Å²) in [5.41, 5.74) is 22.2. The molecule has 3 fully saturated rings. The van der Waals surface area contributed by atoms with Crippen LogP contribution in [0.5, 0.6) is 0 Å². The molecule has 20 nitrogen and oxygen atoms in total. The van der Waals surface area contributed by atoms with Gasteiger partial charge in [0.15, 0.2) is 16.9 Å². The molecule has 2 amide bonds. The topological polar surface area (TPSA) is 183 Å². The third-order valence-corrected chi connectivity index (χ3v) is 19.4. The molecule has 3 saturated heterocycles. The summed E-state index contributed by atoms with van der Waals surface area (Å²) < 4.78 is 19.4. The lowest BCUT2D eigenvalue weighted by atomic mass is 10.0. The van der Waals surface area contributed by atoms with E-state index in [-0.39, 0.29) is 11.8 Å². The Bertz CT molecular complexity index is 5020. The summed E-state index contributed by atoms with van der Waals surface area (Å²) in [6.07, 6.45) is 18.4. The summed E-state index contributed by atoms with van der Waals surface area (Å²) >= 11 is 0. The molecule has 4 N–H and O–H groups in total. The summed E-state index contributed by atoms with van der Waals surface area (Å²) in [4.78, 5) is 52.3. The Labute approximate surface area is 575 Å². The van der Waals surface area contributed by atoms with Crippen molar-refractivity contribution in [3.63, 3.8) is 0 Å². The van der Waals surface area contributed by atoms with Crippen molar-refractivity contribution in [2.75, 3.05) is 105 Å². The van der Waals surface area contributed by atoms with Gasteiger partial charge in [0.2, 0.25) is 0 Å². The number of nitrogens with one attached hydrogen (secondary N) is 4. The normalized spacial score (nSPS) is 15.1. The van der Waals surface area contributed by atoms with Crippen LogP contribution in [-0.4, -0.2) is 144 Å². The van der Waals surface area contributed by atoms with E-state index >= 15 is 0 Å². The molecule has 0 bridgehead atoms. The van der Waals surface area contributed by atoms with Gasteiger partial charge >= 0.3 is 0 Å². The van der Waals surface area contributed by atoms with Crippen LogP contribution in [0.1, 0.15) is 52.1 Å². The Morgan fingerprint density at radius 1 is 0.545 bits per heavy atom. The second-order valence-corrected chi connectivity index (χ2v) is 25.6. The van der Waals surface area contributed by atoms with Crippen molar-refractivity contribution in [3.05, 3.63) is 236 Å². The van der Waals surface area contributed by atoms with Crippen LogP contribution in [0.25, 0.3) is 61.6 Å². The number of ether oxygens (including phenoxy) is 2. The first kappa shape index (κ1) is 63.7. The maximum Gasteiger partial charge on any atom is 0.253 e. The van der Waals surface area contributed by atoms with Crippen molar-refractivity contribution in [1.82, 2.24) is 52.8 Å². The van der Waals surface area contributed by atoms with Gasteiger partial charge < -0.3 is 50.0 Å². The van der Waals surface area contributed by atoms with E-state index in [4.69, 9.17) is 9.47 Å². The van der Waals surface area contributed by atoms with Gasteiger partial charge in [-0.3, -0.25) is 32.7 Å². The highest BCUT2D eigenvalue weighted by Gasteiger charge is 2.25. The Balaban J connectivity index is 0.000000122. The average molecular weight is 1320 g/mol. The van der Waals surface area contributed by atoms with Gasteiger partial charge in [0.05, 0.1) is 60.6 Å². The molecule has 500 valence electrons. The molecule has 0 aliphatic carbocycles. The molecule has 13 aromatic rings. The van der Waals surface area contributed by atoms with E-state index in [0.717, 1.165) is 181 Å². The van der Waals surface area contributed by atoms with Crippen LogP contribution in [0.3, 0.4) is 0 Å². The van der Waals surface area contributed by atoms with Crippen molar-refractivity contribution in [2.24, 2.45) is 7.05 Å². The molecule has 5 aromatic carbocycles. The number of morpholine rings is 2. The molecule has 0 spiro atoms. The minimum absolute atomic E-state index is 0.0178.